The van der Waals surface area contributed by atoms with Crippen LogP contribution in [0.3, 0.4) is 0 Å². The van der Waals surface area contributed by atoms with Gasteiger partial charge >= 0.3 is 6.18 Å². The van der Waals surface area contributed by atoms with E-state index in [1.54, 1.807) is 42.5 Å². The molecule has 1 atom stereocenters. The molecule has 53 heavy (non-hydrogen) atoms. The number of likely N-dealkylation sites (tertiary alicyclic amines) is 1. The molecule has 5 aromatic rings. The number of benzene rings is 4. The van der Waals surface area contributed by atoms with Gasteiger partial charge in [0, 0.05) is 60.9 Å². The number of carbonyl (C=O) groups is 1. The van der Waals surface area contributed by atoms with Crippen molar-refractivity contribution in [3.05, 3.63) is 136 Å². The molecule has 12 heteroatoms. The standard InChI is InChI=1S/C41H40F5N3O3S/c1-27(28-10-12-29(13-11-28)30-14-16-32(17-15-30)41(44,45)46)49(33-18-20-47(21-19-33)22-23-52-2)38(51)25-48-36-9-4-3-7-34(36)37(50)24-39(48)53-26-31-6-5-8-35(42)40(31)43/h3-17,24,27,33H,18-23,25-26H2,1-2H3/i22D2,23D2,26D2,27D. The van der Waals surface area contributed by atoms with Crippen molar-refractivity contribution in [2.75, 3.05) is 33.3 Å². The third kappa shape index (κ3) is 8.83. The summed E-state index contributed by atoms with van der Waals surface area (Å²) in [5.41, 5.74) is -3.10. The SMILES string of the molecule is [2H]C([2H])(Sc1cc(=O)c2ccccc2n1CC(=O)N(C1CCN(C([2H])([2H])C([2H])([2H])OC)CC1)C([2H])(C)c1ccc(-c2ccc(C(F)(F)F)cc2)cc1)c1cccc(F)c1F. The molecule has 1 aliphatic rings. The van der Waals surface area contributed by atoms with E-state index < -0.39 is 77.6 Å². The maximum absolute atomic E-state index is 15.0. The predicted octanol–water partition coefficient (Wildman–Crippen LogP) is 8.96. The van der Waals surface area contributed by atoms with Crippen LogP contribution in [0.2, 0.25) is 0 Å². The predicted molar refractivity (Wildman–Crippen MR) is 198 cm³/mol. The molecule has 2 heterocycles. The molecule has 0 radical (unpaired) electrons. The maximum Gasteiger partial charge on any atom is 0.416 e. The first-order valence-corrected chi connectivity index (χ1v) is 17.5. The number of fused-ring (bicyclic) bond motifs is 1. The lowest BCUT2D eigenvalue weighted by Crippen LogP contribution is -2.49. The van der Waals surface area contributed by atoms with Crippen LogP contribution in [-0.2, 0) is 28.0 Å². The van der Waals surface area contributed by atoms with E-state index in [1.807, 2.05) is 0 Å². The summed E-state index contributed by atoms with van der Waals surface area (Å²) in [6.07, 6.45) is -4.36. The minimum absolute atomic E-state index is 0.0469. The van der Waals surface area contributed by atoms with E-state index in [0.29, 0.717) is 28.5 Å². The molecule has 0 bridgehead atoms. The molecule has 1 aromatic heterocycles. The normalized spacial score (nSPS) is 18.1. The molecule has 4 aromatic carbocycles. The van der Waals surface area contributed by atoms with Gasteiger partial charge in [-0.1, -0.05) is 60.7 Å². The van der Waals surface area contributed by atoms with Crippen LogP contribution in [0.4, 0.5) is 22.0 Å². The minimum atomic E-state index is -4.52. The molecule has 1 fully saturated rings. The number of methoxy groups -OCH3 is 1. The number of nitrogens with zero attached hydrogens (tertiary/aromatic N) is 3. The minimum Gasteiger partial charge on any atom is -0.383 e. The summed E-state index contributed by atoms with van der Waals surface area (Å²) < 4.78 is 136. The first kappa shape index (κ1) is 29.9. The summed E-state index contributed by atoms with van der Waals surface area (Å²) >= 11 is 0.394. The van der Waals surface area contributed by atoms with Crippen molar-refractivity contribution in [1.29, 1.82) is 0 Å². The molecule has 0 saturated carbocycles. The molecular weight excluding hydrogens is 710 g/mol. The van der Waals surface area contributed by atoms with Gasteiger partial charge in [-0.15, -0.1) is 11.8 Å². The van der Waals surface area contributed by atoms with Crippen molar-refractivity contribution in [2.24, 2.45) is 0 Å². The summed E-state index contributed by atoms with van der Waals surface area (Å²) in [4.78, 5) is 30.9. The van der Waals surface area contributed by atoms with Crippen molar-refractivity contribution in [1.82, 2.24) is 14.4 Å². The van der Waals surface area contributed by atoms with Crippen LogP contribution in [0, 0.1) is 11.6 Å². The van der Waals surface area contributed by atoms with Crippen LogP contribution in [0.15, 0.2) is 107 Å². The van der Waals surface area contributed by atoms with Gasteiger partial charge in [0.25, 0.3) is 0 Å². The zero-order valence-electron chi connectivity index (χ0n) is 35.7. The summed E-state index contributed by atoms with van der Waals surface area (Å²) in [6.45, 7) is -4.45. The zero-order chi connectivity index (χ0) is 44.0. The summed E-state index contributed by atoms with van der Waals surface area (Å²) in [6, 6.07) is 18.7. The number of ether oxygens (including phenoxy) is 1. The highest BCUT2D eigenvalue weighted by molar-refractivity contribution is 7.98. The Bertz CT molecular complexity index is 2430. The largest absolute Gasteiger partial charge is 0.416 e. The second kappa shape index (κ2) is 16.7. The molecule has 0 aliphatic carbocycles. The lowest BCUT2D eigenvalue weighted by atomic mass is 9.96. The topological polar surface area (TPSA) is 54.8 Å². The van der Waals surface area contributed by atoms with E-state index in [1.165, 1.54) is 39.5 Å². The van der Waals surface area contributed by atoms with Gasteiger partial charge in [-0.05, 0) is 66.8 Å². The lowest BCUT2D eigenvalue weighted by molar-refractivity contribution is -0.138. The average Bonchev–Trinajstić information content (AvgIpc) is 3.20. The Kier molecular flexibility index (Phi) is 9.39. The molecule has 1 unspecified atom stereocenters. The molecule has 1 amide bonds. The molecule has 0 spiro atoms. The van der Waals surface area contributed by atoms with Crippen LogP contribution in [0.1, 0.15) is 52.1 Å². The third-order valence-corrected chi connectivity index (χ3v) is 9.97. The zero-order valence-corrected chi connectivity index (χ0v) is 29.5. The van der Waals surface area contributed by atoms with Crippen molar-refractivity contribution < 1.29 is 41.1 Å². The van der Waals surface area contributed by atoms with E-state index in [4.69, 9.17) is 13.0 Å². The van der Waals surface area contributed by atoms with E-state index in [2.05, 4.69) is 0 Å². The molecule has 6 rings (SSSR count). The van der Waals surface area contributed by atoms with Gasteiger partial charge in [0.05, 0.1) is 32.8 Å². The fraction of sp³-hybridized carbons (Fsp3) is 0.317. The number of alkyl halides is 3. The van der Waals surface area contributed by atoms with Gasteiger partial charge in [0.2, 0.25) is 5.91 Å². The average molecular weight is 757 g/mol. The highest BCUT2D eigenvalue weighted by atomic mass is 32.2. The second-order valence-corrected chi connectivity index (χ2v) is 13.2. The van der Waals surface area contributed by atoms with E-state index >= 15 is 0 Å². The van der Waals surface area contributed by atoms with Gasteiger partial charge in [-0.3, -0.25) is 9.59 Å². The smallest absolute Gasteiger partial charge is 0.383 e. The Morgan fingerprint density at radius 3 is 2.30 bits per heavy atom. The number of para-hydroxylation sites is 1. The van der Waals surface area contributed by atoms with Crippen molar-refractivity contribution >= 4 is 28.6 Å². The molecule has 6 nitrogen and oxygen atoms in total. The fourth-order valence-corrected chi connectivity index (χ4v) is 7.17. The molecule has 278 valence electrons. The van der Waals surface area contributed by atoms with E-state index in [0.717, 1.165) is 43.5 Å². The van der Waals surface area contributed by atoms with Gasteiger partial charge in [-0.2, -0.15) is 13.2 Å². The number of thioether (sulfide) groups is 1. The first-order chi connectivity index (χ1) is 28.0. The van der Waals surface area contributed by atoms with E-state index in [-0.39, 0.29) is 41.9 Å². The van der Waals surface area contributed by atoms with Gasteiger partial charge < -0.3 is 19.1 Å². The number of aromatic nitrogens is 1. The van der Waals surface area contributed by atoms with Crippen LogP contribution >= 0.6 is 11.8 Å². The maximum atomic E-state index is 15.0. The number of hydrogen-bond donors (Lipinski definition) is 0. The van der Waals surface area contributed by atoms with Crippen molar-refractivity contribution in [2.45, 2.75) is 55.3 Å². The highest BCUT2D eigenvalue weighted by Crippen LogP contribution is 2.34. The highest BCUT2D eigenvalue weighted by Gasteiger charge is 2.33. The van der Waals surface area contributed by atoms with E-state index in [9.17, 15) is 32.9 Å². The quantitative estimate of drug-likeness (QED) is 0.0941. The Morgan fingerprint density at radius 1 is 0.981 bits per heavy atom. The van der Waals surface area contributed by atoms with Gasteiger partial charge in [0.1, 0.15) is 6.54 Å². The van der Waals surface area contributed by atoms with Crippen molar-refractivity contribution in [3.8, 4) is 11.1 Å². The number of piperidine rings is 1. The number of hydrogen-bond acceptors (Lipinski definition) is 5. The second-order valence-electron chi connectivity index (χ2n) is 12.4. The Labute approximate surface area is 319 Å². The number of halogens is 5. The molecular formula is C41H40F5N3O3S. The number of pyridine rings is 1. The van der Waals surface area contributed by atoms with Gasteiger partial charge in [-0.25, -0.2) is 8.78 Å². The van der Waals surface area contributed by atoms with Crippen molar-refractivity contribution in [3.63, 3.8) is 0 Å². The molecule has 1 aliphatic heterocycles. The fourth-order valence-electron chi connectivity index (χ4n) is 6.36. The molecule has 1 saturated heterocycles. The van der Waals surface area contributed by atoms with Crippen LogP contribution < -0.4 is 5.43 Å². The third-order valence-electron chi connectivity index (χ3n) is 9.11. The number of amides is 1. The first-order valence-electron chi connectivity index (χ1n) is 20.2. The Morgan fingerprint density at radius 2 is 1.64 bits per heavy atom. The Balaban J connectivity index is 1.40. The summed E-state index contributed by atoms with van der Waals surface area (Å²) in [5, 5.41) is 0.0761. The van der Waals surface area contributed by atoms with Gasteiger partial charge in [0.15, 0.2) is 17.1 Å². The van der Waals surface area contributed by atoms with Crippen LogP contribution in [0.25, 0.3) is 22.0 Å². The summed E-state index contributed by atoms with van der Waals surface area (Å²) in [5.74, 6) is -3.38. The lowest BCUT2D eigenvalue weighted by Gasteiger charge is -2.42. The molecule has 0 N–H and O–H groups in total. The van der Waals surface area contributed by atoms with Crippen LogP contribution in [0.5, 0.6) is 0 Å². The number of rotatable bonds is 12. The monoisotopic (exact) mass is 756 g/mol. The Hall–Kier alpha value is -4.52. The summed E-state index contributed by atoms with van der Waals surface area (Å²) in [7, 11) is 1.05. The van der Waals surface area contributed by atoms with Crippen LogP contribution in [-0.4, -0.2) is 59.6 Å². The number of carbonyl (C=O) groups excluding carboxylic acids is 1.